The Morgan fingerprint density at radius 3 is 2.60 bits per heavy atom. The highest BCUT2D eigenvalue weighted by molar-refractivity contribution is 5.17. The van der Waals surface area contributed by atoms with E-state index in [-0.39, 0.29) is 6.61 Å². The van der Waals surface area contributed by atoms with E-state index >= 15 is 0 Å². The lowest BCUT2D eigenvalue weighted by molar-refractivity contribution is 0.167. The summed E-state index contributed by atoms with van der Waals surface area (Å²) in [5.74, 6) is 0. The summed E-state index contributed by atoms with van der Waals surface area (Å²) in [6.07, 6.45) is 2.88. The van der Waals surface area contributed by atoms with Crippen LogP contribution in [0.1, 0.15) is 31.4 Å². The Hall–Kier alpha value is -1.12. The van der Waals surface area contributed by atoms with E-state index in [4.69, 9.17) is 5.11 Å². The predicted molar refractivity (Wildman–Crippen MR) is 61.5 cm³/mol. The molecule has 1 atom stereocenters. The van der Waals surface area contributed by atoms with Crippen LogP contribution in [0.25, 0.3) is 0 Å². The van der Waals surface area contributed by atoms with E-state index in [9.17, 15) is 5.11 Å². The van der Waals surface area contributed by atoms with Gasteiger partial charge in [0.15, 0.2) is 0 Å². The first-order chi connectivity index (χ1) is 7.24. The molecule has 0 saturated heterocycles. The predicted octanol–water partition coefficient (Wildman–Crippen LogP) is 2.44. The van der Waals surface area contributed by atoms with E-state index in [0.717, 1.165) is 17.6 Å². The molecule has 0 aromatic heterocycles. The van der Waals surface area contributed by atoms with Crippen molar-refractivity contribution in [3.8, 4) is 0 Å². The van der Waals surface area contributed by atoms with Gasteiger partial charge < -0.3 is 10.2 Å². The van der Waals surface area contributed by atoms with Gasteiger partial charge in [0, 0.05) is 0 Å². The summed E-state index contributed by atoms with van der Waals surface area (Å²) in [7, 11) is 0. The molecule has 15 heavy (non-hydrogen) atoms. The average molecular weight is 206 g/mol. The number of hydrogen-bond acceptors (Lipinski definition) is 2. The van der Waals surface area contributed by atoms with E-state index in [1.165, 1.54) is 0 Å². The molecule has 2 nitrogen and oxygen atoms in total. The third-order valence-electron chi connectivity index (χ3n) is 2.44. The van der Waals surface area contributed by atoms with Gasteiger partial charge in [-0.05, 0) is 25.3 Å². The largest absolute Gasteiger partial charge is 0.392 e. The van der Waals surface area contributed by atoms with Crippen LogP contribution in [0.4, 0.5) is 0 Å². The van der Waals surface area contributed by atoms with Gasteiger partial charge in [0.2, 0.25) is 0 Å². The van der Waals surface area contributed by atoms with E-state index in [2.05, 4.69) is 0 Å². The molecule has 1 aromatic carbocycles. The van der Waals surface area contributed by atoms with Crippen LogP contribution in [0.2, 0.25) is 0 Å². The Morgan fingerprint density at radius 2 is 2.00 bits per heavy atom. The second-order valence-electron chi connectivity index (χ2n) is 3.70. The smallest absolute Gasteiger partial charge is 0.0793 e. The normalized spacial score (nSPS) is 13.9. The summed E-state index contributed by atoms with van der Waals surface area (Å²) in [6.45, 7) is 2.04. The molecule has 1 rings (SSSR count). The first-order valence-corrected chi connectivity index (χ1v) is 5.23. The zero-order valence-electron chi connectivity index (χ0n) is 9.06. The molecule has 0 bridgehead atoms. The van der Waals surface area contributed by atoms with Crippen molar-refractivity contribution in [1.29, 1.82) is 0 Å². The van der Waals surface area contributed by atoms with Crippen LogP contribution in [0.3, 0.4) is 0 Å². The lowest BCUT2D eigenvalue weighted by atomic mass is 10.0. The van der Waals surface area contributed by atoms with Gasteiger partial charge in [-0.3, -0.25) is 0 Å². The standard InChI is InChI=1S/C13H18O2/c1-11(9-10-14)7-8-13(15)12-5-3-2-4-6-12/h2-6,9,13-15H,7-8,10H2,1H3/b11-9+. The summed E-state index contributed by atoms with van der Waals surface area (Å²) in [5.41, 5.74) is 2.07. The Kier molecular flexibility index (Phi) is 5.08. The highest BCUT2D eigenvalue weighted by Gasteiger charge is 2.06. The SMILES string of the molecule is C/C(=C\CO)CCC(O)c1ccccc1. The number of benzene rings is 1. The number of aliphatic hydroxyl groups excluding tert-OH is 2. The maximum atomic E-state index is 9.85. The van der Waals surface area contributed by atoms with Gasteiger partial charge in [0.25, 0.3) is 0 Å². The topological polar surface area (TPSA) is 40.5 Å². The third-order valence-corrected chi connectivity index (χ3v) is 2.44. The molecule has 0 aliphatic heterocycles. The summed E-state index contributed by atoms with van der Waals surface area (Å²) in [4.78, 5) is 0. The molecule has 0 radical (unpaired) electrons. The molecule has 0 amide bonds. The quantitative estimate of drug-likeness (QED) is 0.726. The van der Waals surface area contributed by atoms with Crippen molar-refractivity contribution in [2.75, 3.05) is 6.61 Å². The zero-order chi connectivity index (χ0) is 11.1. The average Bonchev–Trinajstić information content (AvgIpc) is 2.27. The Balaban J connectivity index is 2.43. The van der Waals surface area contributed by atoms with Gasteiger partial charge in [0.05, 0.1) is 12.7 Å². The molecule has 2 N–H and O–H groups in total. The lowest BCUT2D eigenvalue weighted by Gasteiger charge is -2.10. The molecule has 0 aliphatic rings. The van der Waals surface area contributed by atoms with Crippen molar-refractivity contribution in [3.63, 3.8) is 0 Å². The van der Waals surface area contributed by atoms with Gasteiger partial charge >= 0.3 is 0 Å². The highest BCUT2D eigenvalue weighted by atomic mass is 16.3. The van der Waals surface area contributed by atoms with Crippen molar-refractivity contribution < 1.29 is 10.2 Å². The molecule has 0 aliphatic carbocycles. The summed E-state index contributed by atoms with van der Waals surface area (Å²) in [5, 5.41) is 18.5. The van der Waals surface area contributed by atoms with Crippen LogP contribution in [0.15, 0.2) is 42.0 Å². The molecule has 1 unspecified atom stereocenters. The van der Waals surface area contributed by atoms with E-state index in [1.54, 1.807) is 6.08 Å². The zero-order valence-corrected chi connectivity index (χ0v) is 9.06. The Bertz CT molecular complexity index is 304. The monoisotopic (exact) mass is 206 g/mol. The first kappa shape index (κ1) is 12.0. The maximum Gasteiger partial charge on any atom is 0.0793 e. The molecule has 2 heteroatoms. The Labute approximate surface area is 90.9 Å². The van der Waals surface area contributed by atoms with Gasteiger partial charge in [-0.2, -0.15) is 0 Å². The Morgan fingerprint density at radius 1 is 1.33 bits per heavy atom. The summed E-state index contributed by atoms with van der Waals surface area (Å²) in [6, 6.07) is 9.64. The minimum absolute atomic E-state index is 0.0767. The molecule has 0 fully saturated rings. The van der Waals surface area contributed by atoms with Crippen LogP contribution in [-0.4, -0.2) is 16.8 Å². The van der Waals surface area contributed by atoms with Crippen molar-refractivity contribution in [3.05, 3.63) is 47.5 Å². The minimum Gasteiger partial charge on any atom is -0.392 e. The number of allylic oxidation sites excluding steroid dienone is 1. The van der Waals surface area contributed by atoms with Crippen molar-refractivity contribution >= 4 is 0 Å². The van der Waals surface area contributed by atoms with Gasteiger partial charge in [-0.25, -0.2) is 0 Å². The molecule has 0 saturated carbocycles. The lowest BCUT2D eigenvalue weighted by Crippen LogP contribution is -1.97. The minimum atomic E-state index is -0.409. The molecule has 1 aromatic rings. The molecule has 0 heterocycles. The number of rotatable bonds is 5. The molecular weight excluding hydrogens is 188 g/mol. The van der Waals surface area contributed by atoms with Crippen LogP contribution in [0.5, 0.6) is 0 Å². The molecule has 0 spiro atoms. The second-order valence-corrected chi connectivity index (χ2v) is 3.70. The second kappa shape index (κ2) is 6.38. The fourth-order valence-corrected chi connectivity index (χ4v) is 1.46. The van der Waals surface area contributed by atoms with Crippen LogP contribution >= 0.6 is 0 Å². The van der Waals surface area contributed by atoms with Gasteiger partial charge in [-0.15, -0.1) is 0 Å². The van der Waals surface area contributed by atoms with Gasteiger partial charge in [0.1, 0.15) is 0 Å². The van der Waals surface area contributed by atoms with Gasteiger partial charge in [-0.1, -0.05) is 42.0 Å². The van der Waals surface area contributed by atoms with Crippen molar-refractivity contribution in [2.24, 2.45) is 0 Å². The van der Waals surface area contributed by atoms with Crippen LogP contribution in [0, 0.1) is 0 Å². The van der Waals surface area contributed by atoms with E-state index < -0.39 is 6.10 Å². The highest BCUT2D eigenvalue weighted by Crippen LogP contribution is 2.19. The van der Waals surface area contributed by atoms with E-state index in [1.807, 2.05) is 37.3 Å². The van der Waals surface area contributed by atoms with Crippen molar-refractivity contribution in [1.82, 2.24) is 0 Å². The molecule has 82 valence electrons. The van der Waals surface area contributed by atoms with E-state index in [0.29, 0.717) is 6.42 Å². The fourth-order valence-electron chi connectivity index (χ4n) is 1.46. The fraction of sp³-hybridized carbons (Fsp3) is 0.385. The van der Waals surface area contributed by atoms with Crippen LogP contribution in [-0.2, 0) is 0 Å². The summed E-state index contributed by atoms with van der Waals surface area (Å²) >= 11 is 0. The van der Waals surface area contributed by atoms with Crippen molar-refractivity contribution in [2.45, 2.75) is 25.9 Å². The first-order valence-electron chi connectivity index (χ1n) is 5.23. The maximum absolute atomic E-state index is 9.85. The summed E-state index contributed by atoms with van der Waals surface area (Å²) < 4.78 is 0. The number of hydrogen-bond donors (Lipinski definition) is 2. The van der Waals surface area contributed by atoms with Crippen LogP contribution < -0.4 is 0 Å². The number of aliphatic hydroxyl groups is 2. The third kappa shape index (κ3) is 4.28. The molecular formula is C13H18O2.